The molecule has 2 aliphatic heterocycles. The predicted molar refractivity (Wildman–Crippen MR) is 124 cm³/mol. The van der Waals surface area contributed by atoms with Gasteiger partial charge in [0.25, 0.3) is 0 Å². The molecule has 11 heteroatoms. The molecule has 2 aromatic carbocycles. The van der Waals surface area contributed by atoms with E-state index < -0.39 is 6.36 Å². The standard InChI is InChI=1S/C22H20N6O.C2H3F3O/c1-13-20(25-17-8-7-14(10-23)9-16(17)21(13)29)22-26-19-11-24-18(12-28(19)27-22)15-5-3-2-4-6-15;1-6-2(3,4)5/h2-9,18,22,24,27H,11-12H2,1H3,(H,25,29);1H3. The molecule has 1 saturated heterocycles. The van der Waals surface area contributed by atoms with Crippen LogP contribution in [-0.2, 0) is 4.74 Å². The van der Waals surface area contributed by atoms with E-state index in [2.05, 4.69) is 43.7 Å². The van der Waals surface area contributed by atoms with Crippen molar-refractivity contribution in [1.29, 1.82) is 5.26 Å². The number of fused-ring (bicyclic) bond motifs is 2. The normalized spacial score (nSPS) is 19.4. The highest BCUT2D eigenvalue weighted by atomic mass is 19.4. The summed E-state index contributed by atoms with van der Waals surface area (Å²) in [6.07, 6.45) is -4.80. The first-order valence-electron chi connectivity index (χ1n) is 10.8. The van der Waals surface area contributed by atoms with E-state index in [1.165, 1.54) is 5.56 Å². The Labute approximate surface area is 199 Å². The van der Waals surface area contributed by atoms with Gasteiger partial charge in [0.05, 0.1) is 36.5 Å². The quantitative estimate of drug-likeness (QED) is 0.515. The van der Waals surface area contributed by atoms with Gasteiger partial charge >= 0.3 is 6.36 Å². The Morgan fingerprint density at radius 3 is 2.57 bits per heavy atom. The van der Waals surface area contributed by atoms with Gasteiger partial charge in [0.2, 0.25) is 0 Å². The van der Waals surface area contributed by atoms with Gasteiger partial charge in [-0.3, -0.25) is 14.5 Å². The molecule has 2 atom stereocenters. The number of nitrogens with one attached hydrogen (secondary N) is 3. The molecule has 2 unspecified atom stereocenters. The van der Waals surface area contributed by atoms with E-state index in [0.717, 1.165) is 18.1 Å². The van der Waals surface area contributed by atoms with Crippen molar-refractivity contribution in [3.8, 4) is 6.07 Å². The van der Waals surface area contributed by atoms with E-state index in [1.54, 1.807) is 25.1 Å². The van der Waals surface area contributed by atoms with Crippen LogP contribution in [0.15, 0.2) is 58.3 Å². The molecule has 8 nitrogen and oxygen atoms in total. The SMILES string of the molecule is COC(F)(F)F.Cc1c(C2N=C3CNC(c4ccccc4)CN3N2)[nH]c2ccc(C#N)cc2c1=O. The fraction of sp³-hybridized carbons (Fsp3) is 0.292. The van der Waals surface area contributed by atoms with E-state index in [9.17, 15) is 18.0 Å². The highest BCUT2D eigenvalue weighted by Gasteiger charge is 2.33. The monoisotopic (exact) mass is 484 g/mol. The molecule has 5 rings (SSSR count). The molecule has 0 aliphatic carbocycles. The number of hydrazine groups is 1. The Balaban J connectivity index is 0.000000431. The van der Waals surface area contributed by atoms with Crippen LogP contribution in [0.25, 0.3) is 10.9 Å². The third-order valence-electron chi connectivity index (χ3n) is 5.85. The predicted octanol–water partition coefficient (Wildman–Crippen LogP) is 3.42. The van der Waals surface area contributed by atoms with Crippen LogP contribution < -0.4 is 16.2 Å². The van der Waals surface area contributed by atoms with Crippen LogP contribution in [0.5, 0.6) is 0 Å². The zero-order valence-corrected chi connectivity index (χ0v) is 19.0. The lowest BCUT2D eigenvalue weighted by molar-refractivity contribution is -0.311. The minimum atomic E-state index is -4.46. The molecule has 2 aliphatic rings. The molecule has 182 valence electrons. The van der Waals surface area contributed by atoms with Crippen molar-refractivity contribution in [1.82, 2.24) is 20.7 Å². The van der Waals surface area contributed by atoms with Crippen molar-refractivity contribution in [3.63, 3.8) is 0 Å². The summed E-state index contributed by atoms with van der Waals surface area (Å²) in [7, 11) is 0.583. The fourth-order valence-corrected chi connectivity index (χ4v) is 4.02. The number of benzene rings is 2. The Kier molecular flexibility index (Phi) is 6.88. The summed E-state index contributed by atoms with van der Waals surface area (Å²) in [5, 5.41) is 15.2. The van der Waals surface area contributed by atoms with Gasteiger partial charge in [0, 0.05) is 23.6 Å². The summed E-state index contributed by atoms with van der Waals surface area (Å²) in [6, 6.07) is 17.8. The molecular weight excluding hydrogens is 461 g/mol. The number of methoxy groups -OCH3 is 1. The number of hydrogen-bond donors (Lipinski definition) is 3. The Morgan fingerprint density at radius 2 is 1.91 bits per heavy atom. The second-order valence-corrected chi connectivity index (χ2v) is 8.05. The van der Waals surface area contributed by atoms with Crippen molar-refractivity contribution in [2.45, 2.75) is 25.5 Å². The number of pyridine rings is 1. The zero-order valence-electron chi connectivity index (χ0n) is 19.0. The topological polar surface area (TPSA) is 106 Å². The van der Waals surface area contributed by atoms with Crippen molar-refractivity contribution in [3.05, 3.63) is 81.1 Å². The minimum absolute atomic E-state index is 0.0713. The molecule has 1 fully saturated rings. The number of halogens is 3. The molecule has 3 N–H and O–H groups in total. The number of aromatic amines is 1. The highest BCUT2D eigenvalue weighted by Crippen LogP contribution is 2.26. The van der Waals surface area contributed by atoms with E-state index in [-0.39, 0.29) is 17.6 Å². The molecule has 35 heavy (non-hydrogen) atoms. The molecule has 0 saturated carbocycles. The van der Waals surface area contributed by atoms with Gasteiger partial charge in [-0.05, 0) is 30.7 Å². The second kappa shape index (κ2) is 9.87. The lowest BCUT2D eigenvalue weighted by Crippen LogP contribution is -2.52. The van der Waals surface area contributed by atoms with Gasteiger partial charge in [-0.2, -0.15) is 5.26 Å². The average molecular weight is 484 g/mol. The number of H-pyrrole nitrogens is 1. The number of nitrogens with zero attached hydrogens (tertiary/aromatic N) is 3. The van der Waals surface area contributed by atoms with Gasteiger partial charge in [-0.1, -0.05) is 30.3 Å². The highest BCUT2D eigenvalue weighted by molar-refractivity contribution is 5.86. The van der Waals surface area contributed by atoms with E-state index >= 15 is 0 Å². The Hall–Kier alpha value is -3.72. The van der Waals surface area contributed by atoms with E-state index in [0.29, 0.717) is 35.7 Å². The van der Waals surface area contributed by atoms with Crippen molar-refractivity contribution >= 4 is 16.7 Å². The maximum absolute atomic E-state index is 12.9. The molecule has 0 amide bonds. The summed E-state index contributed by atoms with van der Waals surface area (Å²) in [5.74, 6) is 0.933. The number of aliphatic imine (C=N–C) groups is 1. The Morgan fingerprint density at radius 1 is 1.20 bits per heavy atom. The molecule has 1 aromatic heterocycles. The molecule has 0 bridgehead atoms. The third kappa shape index (κ3) is 5.35. The van der Waals surface area contributed by atoms with Gasteiger partial charge < -0.3 is 10.3 Å². The van der Waals surface area contributed by atoms with Gasteiger partial charge in [-0.25, -0.2) is 10.4 Å². The molecule has 3 aromatic rings. The first-order chi connectivity index (χ1) is 16.7. The zero-order chi connectivity index (χ0) is 25.2. The lowest BCUT2D eigenvalue weighted by atomic mass is 10.1. The van der Waals surface area contributed by atoms with Crippen molar-refractivity contribution < 1.29 is 17.9 Å². The first kappa shape index (κ1) is 24.4. The van der Waals surface area contributed by atoms with Crippen molar-refractivity contribution in [2.75, 3.05) is 20.2 Å². The van der Waals surface area contributed by atoms with Crippen LogP contribution in [-0.4, -0.2) is 42.4 Å². The first-order valence-corrected chi connectivity index (χ1v) is 10.8. The number of ether oxygens (including phenoxy) is 1. The largest absolute Gasteiger partial charge is 0.522 e. The number of aromatic nitrogens is 1. The fourth-order valence-electron chi connectivity index (χ4n) is 4.02. The van der Waals surface area contributed by atoms with Crippen LogP contribution in [0, 0.1) is 18.3 Å². The van der Waals surface area contributed by atoms with E-state index in [1.807, 2.05) is 18.2 Å². The molecule has 3 heterocycles. The van der Waals surface area contributed by atoms with E-state index in [4.69, 9.17) is 10.3 Å². The number of nitriles is 1. The summed E-state index contributed by atoms with van der Waals surface area (Å²) >= 11 is 0. The minimum Gasteiger partial charge on any atom is -0.355 e. The van der Waals surface area contributed by atoms with Crippen LogP contribution in [0.1, 0.15) is 34.6 Å². The molecule has 0 spiro atoms. The van der Waals surface area contributed by atoms with Gasteiger partial charge in [0.15, 0.2) is 11.6 Å². The maximum atomic E-state index is 12.9. The summed E-state index contributed by atoms with van der Waals surface area (Å²) < 4.78 is 34.6. The summed E-state index contributed by atoms with van der Waals surface area (Å²) in [4.78, 5) is 21.0. The smallest absolute Gasteiger partial charge is 0.355 e. The number of hydrogen-bond acceptors (Lipinski definition) is 7. The average Bonchev–Trinajstić information content (AvgIpc) is 3.29. The van der Waals surface area contributed by atoms with Gasteiger partial charge in [0.1, 0.15) is 5.84 Å². The van der Waals surface area contributed by atoms with Crippen molar-refractivity contribution in [2.24, 2.45) is 4.99 Å². The number of rotatable bonds is 2. The number of amidine groups is 1. The van der Waals surface area contributed by atoms with Gasteiger partial charge in [-0.15, -0.1) is 13.2 Å². The lowest BCUT2D eigenvalue weighted by Gasteiger charge is -2.33. The second-order valence-electron chi connectivity index (χ2n) is 8.05. The van der Waals surface area contributed by atoms with Crippen LogP contribution >= 0.6 is 0 Å². The third-order valence-corrected chi connectivity index (χ3v) is 5.85. The van der Waals surface area contributed by atoms with Crippen LogP contribution in [0.4, 0.5) is 13.2 Å². The number of alkyl halides is 3. The number of piperazine rings is 1. The Bertz CT molecular complexity index is 1350. The summed E-state index contributed by atoms with van der Waals surface area (Å²) in [6.45, 7) is 3.21. The molecular formula is C24H23F3N6O2. The summed E-state index contributed by atoms with van der Waals surface area (Å²) in [5.41, 5.74) is 7.15. The van der Waals surface area contributed by atoms with Crippen LogP contribution in [0.2, 0.25) is 0 Å². The molecule has 0 radical (unpaired) electrons. The van der Waals surface area contributed by atoms with Crippen LogP contribution in [0.3, 0.4) is 0 Å². The maximum Gasteiger partial charge on any atom is 0.522 e.